The molecular formula is C20H17P. The fourth-order valence-electron chi connectivity index (χ4n) is 3.16. The maximum absolute atomic E-state index is 2.52. The molecule has 0 spiro atoms. The molecule has 0 fully saturated rings. The first-order valence-electron chi connectivity index (χ1n) is 7.31. The van der Waals surface area contributed by atoms with E-state index in [0.717, 1.165) is 0 Å². The third-order valence-corrected chi connectivity index (χ3v) is 8.43. The molecule has 0 radical (unpaired) electrons. The Labute approximate surface area is 126 Å². The summed E-state index contributed by atoms with van der Waals surface area (Å²) in [7, 11) is -1.78. The maximum atomic E-state index is 2.52. The Hall–Kier alpha value is -2.17. The third-order valence-electron chi connectivity index (χ3n) is 4.25. The summed E-state index contributed by atoms with van der Waals surface area (Å²) in [4.78, 5) is 0. The number of hydrogen-bond donors (Lipinski definition) is 0. The van der Waals surface area contributed by atoms with Crippen LogP contribution < -0.4 is 10.6 Å². The Morgan fingerprint density at radius 1 is 0.476 bits per heavy atom. The molecule has 3 aromatic carbocycles. The number of rotatable bonds is 3. The molecule has 1 aliphatic rings. The first-order valence-corrected chi connectivity index (χ1v) is 9.39. The van der Waals surface area contributed by atoms with Crippen molar-refractivity contribution in [2.45, 2.75) is 0 Å². The van der Waals surface area contributed by atoms with Crippen LogP contribution in [0.15, 0.2) is 96.8 Å². The normalized spacial score (nSPS) is 16.9. The van der Waals surface area contributed by atoms with Gasteiger partial charge >= 0.3 is 126 Å². The van der Waals surface area contributed by atoms with Gasteiger partial charge in [0.25, 0.3) is 0 Å². The van der Waals surface area contributed by atoms with Crippen LogP contribution >= 0.6 is 7.26 Å². The zero-order valence-electron chi connectivity index (χ0n) is 11.7. The molecule has 0 atom stereocenters. The standard InChI is InChI=1S/C20H17P/c1-4-10-17(11-5-1)20-16-21(20,18-12-6-2-7-13-18)19-14-8-3-9-15-19/h1-16,21H. The van der Waals surface area contributed by atoms with Gasteiger partial charge in [0, 0.05) is 0 Å². The van der Waals surface area contributed by atoms with E-state index in [-0.39, 0.29) is 0 Å². The summed E-state index contributed by atoms with van der Waals surface area (Å²) in [5.41, 5.74) is 1.37. The van der Waals surface area contributed by atoms with Crippen molar-refractivity contribution in [2.75, 3.05) is 0 Å². The molecule has 1 heterocycles. The van der Waals surface area contributed by atoms with Gasteiger partial charge in [0.2, 0.25) is 0 Å². The van der Waals surface area contributed by atoms with E-state index >= 15 is 0 Å². The van der Waals surface area contributed by atoms with Crippen LogP contribution in [-0.2, 0) is 0 Å². The van der Waals surface area contributed by atoms with E-state index in [1.165, 1.54) is 16.2 Å². The van der Waals surface area contributed by atoms with E-state index in [1.807, 2.05) is 0 Å². The molecule has 0 nitrogen and oxygen atoms in total. The molecule has 0 amide bonds. The van der Waals surface area contributed by atoms with E-state index in [9.17, 15) is 0 Å². The van der Waals surface area contributed by atoms with Gasteiger partial charge in [-0.05, 0) is 0 Å². The molecule has 0 aromatic heterocycles. The molecular weight excluding hydrogens is 271 g/mol. The van der Waals surface area contributed by atoms with Gasteiger partial charge in [0.1, 0.15) is 0 Å². The molecule has 0 bridgehead atoms. The third kappa shape index (κ3) is 2.04. The molecule has 0 aliphatic carbocycles. The van der Waals surface area contributed by atoms with Crippen molar-refractivity contribution < 1.29 is 0 Å². The molecule has 1 aliphatic heterocycles. The summed E-state index contributed by atoms with van der Waals surface area (Å²) in [5.74, 6) is 2.52. The quantitative estimate of drug-likeness (QED) is 0.627. The monoisotopic (exact) mass is 288 g/mol. The van der Waals surface area contributed by atoms with Crippen molar-refractivity contribution in [3.05, 3.63) is 102 Å². The first kappa shape index (κ1) is 12.6. The van der Waals surface area contributed by atoms with E-state index in [4.69, 9.17) is 0 Å². The van der Waals surface area contributed by atoms with Crippen LogP contribution in [0.3, 0.4) is 0 Å². The van der Waals surface area contributed by atoms with E-state index < -0.39 is 7.26 Å². The fraction of sp³-hybridized carbons (Fsp3) is 0. The predicted molar refractivity (Wildman–Crippen MR) is 94.9 cm³/mol. The Kier molecular flexibility index (Phi) is 2.98. The second-order valence-electron chi connectivity index (χ2n) is 5.46. The zero-order valence-corrected chi connectivity index (χ0v) is 12.7. The minimum absolute atomic E-state index is 1.37. The number of benzene rings is 3. The van der Waals surface area contributed by atoms with Crippen molar-refractivity contribution in [3.8, 4) is 0 Å². The summed E-state index contributed by atoms with van der Waals surface area (Å²) in [6.45, 7) is 0. The van der Waals surface area contributed by atoms with Crippen molar-refractivity contribution in [1.82, 2.24) is 0 Å². The number of hydrogen-bond acceptors (Lipinski definition) is 0. The van der Waals surface area contributed by atoms with Gasteiger partial charge in [0.15, 0.2) is 0 Å². The van der Waals surface area contributed by atoms with Gasteiger partial charge < -0.3 is 0 Å². The summed E-state index contributed by atoms with van der Waals surface area (Å²) >= 11 is 0. The molecule has 3 aromatic rings. The fourth-order valence-corrected chi connectivity index (χ4v) is 7.46. The second kappa shape index (κ2) is 4.98. The second-order valence-corrected chi connectivity index (χ2v) is 9.06. The van der Waals surface area contributed by atoms with E-state index in [0.29, 0.717) is 0 Å². The van der Waals surface area contributed by atoms with Crippen molar-refractivity contribution in [3.63, 3.8) is 0 Å². The van der Waals surface area contributed by atoms with Gasteiger partial charge in [0.05, 0.1) is 0 Å². The Bertz CT molecular complexity index is 734. The summed E-state index contributed by atoms with van der Waals surface area (Å²) in [5, 5.41) is 4.51. The Morgan fingerprint density at radius 3 is 1.38 bits per heavy atom. The average molecular weight is 288 g/mol. The molecule has 0 saturated carbocycles. The summed E-state index contributed by atoms with van der Waals surface area (Å²) < 4.78 is 0. The Morgan fingerprint density at radius 2 is 0.905 bits per heavy atom. The van der Waals surface area contributed by atoms with Crippen LogP contribution in [0, 0.1) is 0 Å². The van der Waals surface area contributed by atoms with Crippen LogP contribution in [-0.4, -0.2) is 0 Å². The van der Waals surface area contributed by atoms with E-state index in [2.05, 4.69) is 96.8 Å². The topological polar surface area (TPSA) is 0 Å². The minimum atomic E-state index is -1.78. The predicted octanol–water partition coefficient (Wildman–Crippen LogP) is 4.40. The van der Waals surface area contributed by atoms with Crippen LogP contribution in [0.25, 0.3) is 5.31 Å². The van der Waals surface area contributed by atoms with Gasteiger partial charge in [-0.1, -0.05) is 0 Å². The molecule has 4 rings (SSSR count). The van der Waals surface area contributed by atoms with Crippen LogP contribution in [0.1, 0.15) is 5.56 Å². The Balaban J connectivity index is 1.84. The molecule has 0 unspecified atom stereocenters. The zero-order chi connectivity index (χ0) is 14.1. The summed E-state index contributed by atoms with van der Waals surface area (Å²) in [6.07, 6.45) is 0. The van der Waals surface area contributed by atoms with Gasteiger partial charge in [-0.15, -0.1) is 0 Å². The summed E-state index contributed by atoms with van der Waals surface area (Å²) in [6, 6.07) is 32.7. The molecule has 21 heavy (non-hydrogen) atoms. The van der Waals surface area contributed by atoms with Crippen LogP contribution in [0.2, 0.25) is 0 Å². The molecule has 1 heteroatoms. The first-order chi connectivity index (χ1) is 10.4. The average Bonchev–Trinajstić information content (AvgIpc) is 3.34. The van der Waals surface area contributed by atoms with E-state index in [1.54, 1.807) is 5.31 Å². The van der Waals surface area contributed by atoms with Crippen molar-refractivity contribution in [1.29, 1.82) is 0 Å². The van der Waals surface area contributed by atoms with Crippen molar-refractivity contribution in [2.24, 2.45) is 0 Å². The molecule has 0 N–H and O–H groups in total. The van der Waals surface area contributed by atoms with Gasteiger partial charge in [-0.25, -0.2) is 0 Å². The SMILES string of the molecule is C1=C(c2ccccc2)[PH]1(c1ccccc1)c1ccccc1. The van der Waals surface area contributed by atoms with Gasteiger partial charge in [-0.2, -0.15) is 0 Å². The van der Waals surface area contributed by atoms with Crippen LogP contribution in [0.4, 0.5) is 0 Å². The van der Waals surface area contributed by atoms with Crippen molar-refractivity contribution >= 4 is 23.2 Å². The molecule has 0 saturated heterocycles. The molecule has 102 valence electrons. The van der Waals surface area contributed by atoms with Gasteiger partial charge in [-0.3, -0.25) is 0 Å². The van der Waals surface area contributed by atoms with Crippen LogP contribution in [0.5, 0.6) is 0 Å².